The molecule has 0 saturated heterocycles. The zero-order valence-corrected chi connectivity index (χ0v) is 11.5. The smallest absolute Gasteiger partial charge is 0.246 e. The third-order valence-electron chi connectivity index (χ3n) is 3.21. The van der Waals surface area contributed by atoms with E-state index in [1.54, 1.807) is 18.2 Å². The maximum atomic E-state index is 12.3. The molecule has 0 amide bonds. The van der Waals surface area contributed by atoms with Gasteiger partial charge in [-0.3, -0.25) is 0 Å². The molecule has 0 saturated carbocycles. The molecule has 100 valence electrons. The lowest BCUT2D eigenvalue weighted by Crippen LogP contribution is -2.30. The molecule has 1 aromatic carbocycles. The van der Waals surface area contributed by atoms with Crippen molar-refractivity contribution in [2.75, 3.05) is 0 Å². The first-order valence-corrected chi connectivity index (χ1v) is 6.72. The van der Waals surface area contributed by atoms with E-state index in [2.05, 4.69) is 0 Å². The van der Waals surface area contributed by atoms with Crippen LogP contribution >= 0.6 is 23.2 Å². The number of benzene rings is 1. The lowest BCUT2D eigenvalue weighted by molar-refractivity contribution is 0.348. The van der Waals surface area contributed by atoms with Crippen LogP contribution in [-0.4, -0.2) is 13.9 Å². The second-order valence-electron chi connectivity index (χ2n) is 4.48. The molecule has 19 heavy (non-hydrogen) atoms. The molecule has 0 fully saturated rings. The summed E-state index contributed by atoms with van der Waals surface area (Å²) in [5.41, 5.74) is -0.284. The van der Waals surface area contributed by atoms with Gasteiger partial charge in [-0.15, -0.1) is 0 Å². The molecule has 3 rings (SSSR count). The van der Waals surface area contributed by atoms with Gasteiger partial charge in [0.15, 0.2) is 0 Å². The fraction of sp³-hybridized carbons (Fsp3) is 0.333. The second-order valence-corrected chi connectivity index (χ2v) is 5.35. The molecule has 0 unspecified atom stereocenters. The molecular weight excluding hydrogens is 289 g/mol. The maximum absolute atomic E-state index is 12.3. The predicted octanol–water partition coefficient (Wildman–Crippen LogP) is 1.90. The van der Waals surface area contributed by atoms with Gasteiger partial charge in [-0.1, -0.05) is 23.2 Å². The monoisotopic (exact) mass is 299 g/mol. The highest BCUT2D eigenvalue weighted by atomic mass is 35.5. The van der Waals surface area contributed by atoms with Crippen LogP contribution in [0, 0.1) is 0 Å². The topological polar surface area (TPSA) is 48.9 Å². The molecule has 0 atom stereocenters. The van der Waals surface area contributed by atoms with Gasteiger partial charge >= 0.3 is 11.4 Å². The van der Waals surface area contributed by atoms with Gasteiger partial charge in [0, 0.05) is 23.1 Å². The number of aromatic nitrogens is 3. The fourth-order valence-electron chi connectivity index (χ4n) is 2.36. The van der Waals surface area contributed by atoms with E-state index in [0.717, 1.165) is 17.4 Å². The zero-order chi connectivity index (χ0) is 13.6. The largest absolute Gasteiger partial charge is 0.351 e. The summed E-state index contributed by atoms with van der Waals surface area (Å²) >= 11 is 11.8. The quantitative estimate of drug-likeness (QED) is 0.807. The molecule has 2 heterocycles. The molecule has 1 aliphatic rings. The van der Waals surface area contributed by atoms with Crippen molar-refractivity contribution in [2.24, 2.45) is 0 Å². The molecule has 0 spiro atoms. The van der Waals surface area contributed by atoms with Crippen LogP contribution in [0.5, 0.6) is 0 Å². The molecular formula is C12H11Cl2N3O2. The third kappa shape index (κ3) is 2.03. The Morgan fingerprint density at radius 1 is 0.842 bits per heavy atom. The van der Waals surface area contributed by atoms with E-state index in [1.165, 1.54) is 9.36 Å². The summed E-state index contributed by atoms with van der Waals surface area (Å²) in [6.45, 7) is 1.13. The first-order chi connectivity index (χ1) is 9.08. The van der Waals surface area contributed by atoms with Crippen LogP contribution in [0.15, 0.2) is 27.8 Å². The third-order valence-corrected chi connectivity index (χ3v) is 3.65. The lowest BCUT2D eigenvalue weighted by Gasteiger charge is -2.13. The highest BCUT2D eigenvalue weighted by Gasteiger charge is 2.19. The number of fused-ring (bicyclic) bond motifs is 1. The highest BCUT2D eigenvalue weighted by Crippen LogP contribution is 2.20. The van der Waals surface area contributed by atoms with Gasteiger partial charge in [-0.05, 0) is 31.0 Å². The van der Waals surface area contributed by atoms with E-state index in [1.807, 2.05) is 0 Å². The van der Waals surface area contributed by atoms with E-state index >= 15 is 0 Å². The first-order valence-electron chi connectivity index (χ1n) is 5.97. The van der Waals surface area contributed by atoms with Gasteiger partial charge < -0.3 is 0 Å². The van der Waals surface area contributed by atoms with E-state index in [-0.39, 0.29) is 11.4 Å². The summed E-state index contributed by atoms with van der Waals surface area (Å²) in [5, 5.41) is 0.783. The Morgan fingerprint density at radius 3 is 1.79 bits per heavy atom. The first kappa shape index (κ1) is 12.6. The number of nitrogens with zero attached hydrogens (tertiary/aromatic N) is 3. The molecule has 7 heteroatoms. The van der Waals surface area contributed by atoms with Crippen molar-refractivity contribution in [1.82, 2.24) is 13.9 Å². The van der Waals surface area contributed by atoms with Gasteiger partial charge in [0.1, 0.15) is 0 Å². The molecule has 5 nitrogen and oxygen atoms in total. The highest BCUT2D eigenvalue weighted by molar-refractivity contribution is 6.34. The molecule has 1 aliphatic heterocycles. The summed E-state index contributed by atoms with van der Waals surface area (Å²) in [5.74, 6) is 0. The molecule has 2 aromatic rings. The fourth-order valence-corrected chi connectivity index (χ4v) is 2.88. The minimum absolute atomic E-state index is 0.344. The SMILES string of the molecule is O=c1n(-c2cc(Cl)cc(Cl)c2)c(=O)n2n1CCCC2. The Balaban J connectivity index is 2.29. The minimum Gasteiger partial charge on any atom is -0.246 e. The van der Waals surface area contributed by atoms with Gasteiger partial charge in [0.2, 0.25) is 0 Å². The molecule has 0 N–H and O–H groups in total. The number of rotatable bonds is 1. The summed E-state index contributed by atoms with van der Waals surface area (Å²) in [4.78, 5) is 24.6. The summed E-state index contributed by atoms with van der Waals surface area (Å²) < 4.78 is 4.06. The summed E-state index contributed by atoms with van der Waals surface area (Å²) in [6.07, 6.45) is 1.80. The van der Waals surface area contributed by atoms with Crippen LogP contribution in [0.25, 0.3) is 5.69 Å². The zero-order valence-electron chi connectivity index (χ0n) is 9.97. The van der Waals surface area contributed by atoms with Crippen molar-refractivity contribution in [3.8, 4) is 5.69 Å². The Kier molecular flexibility index (Phi) is 3.03. The number of hydrogen-bond acceptors (Lipinski definition) is 2. The van der Waals surface area contributed by atoms with Gasteiger partial charge in [0.25, 0.3) is 0 Å². The normalized spacial score (nSPS) is 14.4. The van der Waals surface area contributed by atoms with Crippen LogP contribution in [0.4, 0.5) is 0 Å². The Morgan fingerprint density at radius 2 is 1.32 bits per heavy atom. The Hall–Kier alpha value is -1.46. The minimum atomic E-state index is -0.344. The maximum Gasteiger partial charge on any atom is 0.351 e. The van der Waals surface area contributed by atoms with Crippen molar-refractivity contribution in [3.63, 3.8) is 0 Å². The van der Waals surface area contributed by atoms with Gasteiger partial charge in [0.05, 0.1) is 5.69 Å². The standard InChI is InChI=1S/C12H11Cl2N3O2/c13-8-5-9(14)7-10(6-8)17-11(18)15-3-1-2-4-16(15)12(17)19/h5-7H,1-4H2. The van der Waals surface area contributed by atoms with Crippen LogP contribution in [0.1, 0.15) is 12.8 Å². The van der Waals surface area contributed by atoms with Crippen molar-refractivity contribution < 1.29 is 0 Å². The summed E-state index contributed by atoms with van der Waals surface area (Å²) in [7, 11) is 0. The Bertz CT molecular complexity index is 700. The number of hydrogen-bond donors (Lipinski definition) is 0. The van der Waals surface area contributed by atoms with Crippen molar-refractivity contribution in [1.29, 1.82) is 0 Å². The van der Waals surface area contributed by atoms with Crippen molar-refractivity contribution >= 4 is 23.2 Å². The van der Waals surface area contributed by atoms with Gasteiger partial charge in [-0.2, -0.15) is 0 Å². The predicted molar refractivity (Wildman–Crippen MR) is 73.5 cm³/mol. The Labute approximate surface area is 118 Å². The molecule has 1 aromatic heterocycles. The van der Waals surface area contributed by atoms with Gasteiger partial charge in [-0.25, -0.2) is 23.5 Å². The summed E-state index contributed by atoms with van der Waals surface area (Å²) in [6, 6.07) is 4.68. The van der Waals surface area contributed by atoms with Crippen molar-refractivity contribution in [3.05, 3.63) is 49.2 Å². The van der Waals surface area contributed by atoms with E-state index in [4.69, 9.17) is 23.2 Å². The van der Waals surface area contributed by atoms with Crippen LogP contribution < -0.4 is 11.4 Å². The van der Waals surface area contributed by atoms with E-state index in [9.17, 15) is 9.59 Å². The van der Waals surface area contributed by atoms with E-state index in [0.29, 0.717) is 28.8 Å². The van der Waals surface area contributed by atoms with Crippen molar-refractivity contribution in [2.45, 2.75) is 25.9 Å². The average molecular weight is 300 g/mol. The molecule has 0 radical (unpaired) electrons. The molecule has 0 aliphatic carbocycles. The molecule has 0 bridgehead atoms. The second kappa shape index (κ2) is 4.58. The number of halogens is 2. The average Bonchev–Trinajstić information content (AvgIpc) is 2.61. The van der Waals surface area contributed by atoms with E-state index < -0.39 is 0 Å². The van der Waals surface area contributed by atoms with Crippen LogP contribution in [0.2, 0.25) is 10.0 Å². The van der Waals surface area contributed by atoms with Crippen LogP contribution in [0.3, 0.4) is 0 Å². The van der Waals surface area contributed by atoms with Crippen LogP contribution in [-0.2, 0) is 13.1 Å². The lowest BCUT2D eigenvalue weighted by atomic mass is 10.3.